The SMILES string of the molecule is c1ccc(-c2cccc(-c3ccc4c(c3)CC3Cc5cc(-c6ccccc6-c6ccccc6)ccc5N43)c2)cc1. The summed E-state index contributed by atoms with van der Waals surface area (Å²) in [5.74, 6) is 0. The van der Waals surface area contributed by atoms with Crippen molar-refractivity contribution in [3.63, 3.8) is 0 Å². The van der Waals surface area contributed by atoms with Crippen LogP contribution in [-0.2, 0) is 12.8 Å². The minimum atomic E-state index is 0.496. The summed E-state index contributed by atoms with van der Waals surface area (Å²) in [6, 6.07) is 53.7. The van der Waals surface area contributed by atoms with Crippen LogP contribution in [0, 0.1) is 0 Å². The van der Waals surface area contributed by atoms with Crippen molar-refractivity contribution < 1.29 is 0 Å². The third kappa shape index (κ3) is 3.86. The van der Waals surface area contributed by atoms with Crippen LogP contribution >= 0.6 is 0 Å². The first-order valence-corrected chi connectivity index (χ1v) is 14.2. The fraction of sp³-hybridized carbons (Fsp3) is 0.0769. The number of rotatable bonds is 4. The Bertz CT molecular complexity index is 1850. The standard InChI is InChI=1S/C39H29N/c1-3-10-27(11-4-1)29-14-9-15-30(22-29)31-18-20-38-33(23-31)25-35-26-34-24-32(19-21-39(34)40(35)38)37-17-8-7-16-36(37)28-12-5-2-6-13-28/h1-24,35H,25-26H2. The predicted octanol–water partition coefficient (Wildman–Crippen LogP) is 9.97. The highest BCUT2D eigenvalue weighted by Gasteiger charge is 2.37. The van der Waals surface area contributed by atoms with E-state index in [0.29, 0.717) is 6.04 Å². The van der Waals surface area contributed by atoms with Gasteiger partial charge in [-0.1, -0.05) is 115 Å². The Balaban J connectivity index is 1.12. The van der Waals surface area contributed by atoms with Gasteiger partial charge in [0.1, 0.15) is 0 Å². The van der Waals surface area contributed by atoms with Crippen LogP contribution in [-0.4, -0.2) is 6.04 Å². The number of nitrogens with zero attached hydrogens (tertiary/aromatic N) is 1. The van der Waals surface area contributed by atoms with Gasteiger partial charge in [0.25, 0.3) is 0 Å². The summed E-state index contributed by atoms with van der Waals surface area (Å²) in [5.41, 5.74) is 15.9. The molecule has 0 N–H and O–H groups in total. The zero-order valence-corrected chi connectivity index (χ0v) is 22.3. The molecule has 0 bridgehead atoms. The van der Waals surface area contributed by atoms with Gasteiger partial charge in [-0.15, -0.1) is 0 Å². The van der Waals surface area contributed by atoms with Crippen LogP contribution in [0.25, 0.3) is 44.5 Å². The molecule has 40 heavy (non-hydrogen) atoms. The predicted molar refractivity (Wildman–Crippen MR) is 168 cm³/mol. The van der Waals surface area contributed by atoms with Gasteiger partial charge in [-0.25, -0.2) is 0 Å². The van der Waals surface area contributed by atoms with Crippen molar-refractivity contribution in [2.45, 2.75) is 18.9 Å². The molecule has 190 valence electrons. The smallest absolute Gasteiger partial charge is 0.0447 e. The molecule has 0 aromatic heterocycles. The largest absolute Gasteiger partial charge is 0.337 e. The molecule has 1 heteroatoms. The first-order chi connectivity index (χ1) is 19.8. The molecule has 0 fully saturated rings. The Hall–Kier alpha value is -4.88. The van der Waals surface area contributed by atoms with Crippen molar-refractivity contribution in [1.29, 1.82) is 0 Å². The summed E-state index contributed by atoms with van der Waals surface area (Å²) >= 11 is 0. The van der Waals surface area contributed by atoms with Gasteiger partial charge in [-0.3, -0.25) is 0 Å². The van der Waals surface area contributed by atoms with Crippen LogP contribution in [0.5, 0.6) is 0 Å². The fourth-order valence-electron chi connectivity index (χ4n) is 6.71. The maximum atomic E-state index is 2.59. The lowest BCUT2D eigenvalue weighted by molar-refractivity contribution is 0.725. The second kappa shape index (κ2) is 9.39. The van der Waals surface area contributed by atoms with E-state index in [9.17, 15) is 0 Å². The number of fused-ring (bicyclic) bond motifs is 5. The van der Waals surface area contributed by atoms with E-state index in [4.69, 9.17) is 0 Å². The Labute approximate surface area is 236 Å². The summed E-state index contributed by atoms with van der Waals surface area (Å²) in [4.78, 5) is 2.59. The van der Waals surface area contributed by atoms with Crippen molar-refractivity contribution in [3.8, 4) is 44.5 Å². The summed E-state index contributed by atoms with van der Waals surface area (Å²) in [6.45, 7) is 0. The van der Waals surface area contributed by atoms with Crippen LogP contribution in [0.2, 0.25) is 0 Å². The quantitative estimate of drug-likeness (QED) is 0.228. The van der Waals surface area contributed by atoms with Crippen LogP contribution in [0.4, 0.5) is 11.4 Å². The van der Waals surface area contributed by atoms with Crippen LogP contribution < -0.4 is 4.90 Å². The third-order valence-corrected chi connectivity index (χ3v) is 8.58. The number of benzene rings is 6. The molecule has 0 amide bonds. The summed E-state index contributed by atoms with van der Waals surface area (Å²) in [5, 5.41) is 0. The lowest BCUT2D eigenvalue weighted by Gasteiger charge is -2.21. The van der Waals surface area contributed by atoms with E-state index >= 15 is 0 Å². The topological polar surface area (TPSA) is 3.24 Å². The average Bonchev–Trinajstić information content (AvgIpc) is 3.57. The highest BCUT2D eigenvalue weighted by atomic mass is 15.2. The molecule has 0 saturated heterocycles. The second-order valence-electron chi connectivity index (χ2n) is 11.0. The van der Waals surface area contributed by atoms with Gasteiger partial charge < -0.3 is 4.90 Å². The molecule has 8 rings (SSSR count). The van der Waals surface area contributed by atoms with Gasteiger partial charge >= 0.3 is 0 Å². The molecular weight excluding hydrogens is 482 g/mol. The van der Waals surface area contributed by atoms with E-state index in [0.717, 1.165) is 12.8 Å². The van der Waals surface area contributed by atoms with Crippen molar-refractivity contribution in [2.24, 2.45) is 0 Å². The number of anilines is 2. The molecule has 0 radical (unpaired) electrons. The van der Waals surface area contributed by atoms with Crippen LogP contribution in [0.1, 0.15) is 11.1 Å². The van der Waals surface area contributed by atoms with E-state index < -0.39 is 0 Å². The van der Waals surface area contributed by atoms with E-state index in [-0.39, 0.29) is 0 Å². The van der Waals surface area contributed by atoms with E-state index in [2.05, 4.69) is 150 Å². The van der Waals surface area contributed by atoms with Crippen molar-refractivity contribution in [3.05, 3.63) is 157 Å². The van der Waals surface area contributed by atoms with Gasteiger partial charge in [0.15, 0.2) is 0 Å². The van der Waals surface area contributed by atoms with E-state index in [1.165, 1.54) is 67.0 Å². The van der Waals surface area contributed by atoms with Crippen molar-refractivity contribution >= 4 is 11.4 Å². The molecule has 6 aromatic carbocycles. The lowest BCUT2D eigenvalue weighted by atomic mass is 9.92. The molecule has 0 aliphatic carbocycles. The first-order valence-electron chi connectivity index (χ1n) is 14.2. The van der Waals surface area contributed by atoms with E-state index in [1.54, 1.807) is 0 Å². The molecule has 2 aliphatic rings. The number of hydrogen-bond acceptors (Lipinski definition) is 1. The third-order valence-electron chi connectivity index (χ3n) is 8.58. The molecule has 1 nitrogen and oxygen atoms in total. The maximum absolute atomic E-state index is 2.59. The first kappa shape index (κ1) is 23.0. The Morgan fingerprint density at radius 3 is 1.52 bits per heavy atom. The van der Waals surface area contributed by atoms with Gasteiger partial charge in [0.2, 0.25) is 0 Å². The average molecular weight is 512 g/mol. The van der Waals surface area contributed by atoms with Crippen LogP contribution in [0.3, 0.4) is 0 Å². The van der Waals surface area contributed by atoms with Crippen LogP contribution in [0.15, 0.2) is 146 Å². The molecule has 6 aromatic rings. The summed E-state index contributed by atoms with van der Waals surface area (Å²) in [7, 11) is 0. The van der Waals surface area contributed by atoms with E-state index in [1.807, 2.05) is 0 Å². The monoisotopic (exact) mass is 511 g/mol. The normalized spacial score (nSPS) is 15.0. The number of hydrogen-bond donors (Lipinski definition) is 0. The summed E-state index contributed by atoms with van der Waals surface area (Å²) in [6.07, 6.45) is 2.18. The Kier molecular flexibility index (Phi) is 5.41. The lowest BCUT2D eigenvalue weighted by Crippen LogP contribution is -2.22. The van der Waals surface area contributed by atoms with Crippen molar-refractivity contribution in [2.75, 3.05) is 4.90 Å². The zero-order chi connectivity index (χ0) is 26.5. The van der Waals surface area contributed by atoms with Gasteiger partial charge in [0.05, 0.1) is 0 Å². The molecule has 0 saturated carbocycles. The molecule has 2 aliphatic heterocycles. The van der Waals surface area contributed by atoms with Gasteiger partial charge in [-0.05, 0) is 98.8 Å². The molecule has 1 unspecified atom stereocenters. The minimum Gasteiger partial charge on any atom is -0.337 e. The molecule has 2 heterocycles. The Morgan fingerprint density at radius 1 is 0.375 bits per heavy atom. The zero-order valence-electron chi connectivity index (χ0n) is 22.3. The van der Waals surface area contributed by atoms with Crippen molar-refractivity contribution in [1.82, 2.24) is 0 Å². The summed E-state index contributed by atoms with van der Waals surface area (Å²) < 4.78 is 0. The fourth-order valence-corrected chi connectivity index (χ4v) is 6.71. The Morgan fingerprint density at radius 2 is 0.850 bits per heavy atom. The minimum absolute atomic E-state index is 0.496. The highest BCUT2D eigenvalue weighted by Crippen LogP contribution is 2.48. The van der Waals surface area contributed by atoms with Gasteiger partial charge in [-0.2, -0.15) is 0 Å². The molecule has 0 spiro atoms. The van der Waals surface area contributed by atoms with Gasteiger partial charge in [0, 0.05) is 17.4 Å². The molecule has 1 atom stereocenters. The highest BCUT2D eigenvalue weighted by molar-refractivity contribution is 5.87. The second-order valence-corrected chi connectivity index (χ2v) is 11.0. The molecular formula is C39H29N. The maximum Gasteiger partial charge on any atom is 0.0447 e.